The van der Waals surface area contributed by atoms with E-state index in [0.717, 1.165) is 27.8 Å². The molecule has 2 heterocycles. The van der Waals surface area contributed by atoms with Crippen LogP contribution in [0.3, 0.4) is 0 Å². The van der Waals surface area contributed by atoms with Gasteiger partial charge in [-0.05, 0) is 65.4 Å². The first kappa shape index (κ1) is 15.2. The van der Waals surface area contributed by atoms with Gasteiger partial charge in [0.1, 0.15) is 5.69 Å². The van der Waals surface area contributed by atoms with E-state index in [2.05, 4.69) is 41.2 Å². The van der Waals surface area contributed by atoms with Crippen molar-refractivity contribution in [2.45, 2.75) is 13.5 Å². The smallest absolute Gasteiger partial charge is 0.251 e. The Bertz CT molecular complexity index is 1040. The number of carbonyl (C=O) groups is 1. The van der Waals surface area contributed by atoms with E-state index in [1.165, 1.54) is 5.56 Å². The molecule has 1 aliphatic heterocycles. The number of hydrogen-bond donors (Lipinski definition) is 1. The molecule has 0 saturated carbocycles. The lowest BCUT2D eigenvalue weighted by molar-refractivity contribution is 0.0966. The molecular weight excluding hydrogens is 308 g/mol. The molecule has 3 aromatic rings. The molecule has 120 valence electrons. The third kappa shape index (κ3) is 3.02. The van der Waals surface area contributed by atoms with Crippen molar-refractivity contribution in [1.82, 2.24) is 10.3 Å². The topological polar surface area (TPSA) is 42.0 Å². The second-order valence-electron chi connectivity index (χ2n) is 6.06. The standard InChI is InChI=1S/C22H16N2O/c1-15-4-2-5-16(12-15)8-9-18-13-17(10-11-23-18)19-6-3-7-20-21(19)14-24-22(20)25/h2-7,10-13H,14H2,1H3,(H,24,25). The summed E-state index contributed by atoms with van der Waals surface area (Å²) in [5, 5.41) is 2.88. The summed E-state index contributed by atoms with van der Waals surface area (Å²) in [7, 11) is 0. The van der Waals surface area contributed by atoms with Crippen LogP contribution in [0.4, 0.5) is 0 Å². The molecule has 1 aromatic heterocycles. The average molecular weight is 324 g/mol. The van der Waals surface area contributed by atoms with Crippen LogP contribution in [-0.4, -0.2) is 10.9 Å². The van der Waals surface area contributed by atoms with Crippen LogP contribution in [0.15, 0.2) is 60.8 Å². The van der Waals surface area contributed by atoms with Crippen molar-refractivity contribution in [3.05, 3.63) is 88.7 Å². The maximum atomic E-state index is 11.9. The molecular formula is C22H16N2O. The zero-order valence-electron chi connectivity index (χ0n) is 13.8. The van der Waals surface area contributed by atoms with Crippen molar-refractivity contribution in [3.8, 4) is 23.0 Å². The number of fused-ring (bicyclic) bond motifs is 1. The van der Waals surface area contributed by atoms with Crippen molar-refractivity contribution in [2.75, 3.05) is 0 Å². The number of nitrogens with one attached hydrogen (secondary N) is 1. The maximum absolute atomic E-state index is 11.9. The number of aromatic nitrogens is 1. The van der Waals surface area contributed by atoms with Crippen molar-refractivity contribution < 1.29 is 4.79 Å². The number of amides is 1. The lowest BCUT2D eigenvalue weighted by Gasteiger charge is -2.07. The Morgan fingerprint density at radius 3 is 2.72 bits per heavy atom. The zero-order valence-corrected chi connectivity index (χ0v) is 13.8. The summed E-state index contributed by atoms with van der Waals surface area (Å²) >= 11 is 0. The zero-order chi connectivity index (χ0) is 17.2. The van der Waals surface area contributed by atoms with Gasteiger partial charge < -0.3 is 5.32 Å². The Kier molecular flexibility index (Phi) is 3.80. The van der Waals surface area contributed by atoms with Crippen LogP contribution in [0.1, 0.15) is 32.7 Å². The second-order valence-corrected chi connectivity index (χ2v) is 6.06. The van der Waals surface area contributed by atoms with Gasteiger partial charge in [-0.3, -0.25) is 4.79 Å². The van der Waals surface area contributed by atoms with Crippen LogP contribution >= 0.6 is 0 Å². The summed E-state index contributed by atoms with van der Waals surface area (Å²) in [4.78, 5) is 16.2. The largest absolute Gasteiger partial charge is 0.348 e. The van der Waals surface area contributed by atoms with Crippen LogP contribution in [0.25, 0.3) is 11.1 Å². The Hall–Kier alpha value is -3.38. The molecule has 2 aromatic carbocycles. The van der Waals surface area contributed by atoms with Gasteiger partial charge in [-0.1, -0.05) is 30.2 Å². The lowest BCUT2D eigenvalue weighted by atomic mass is 9.97. The fourth-order valence-electron chi connectivity index (χ4n) is 3.05. The quantitative estimate of drug-likeness (QED) is 0.694. The minimum atomic E-state index is -0.00892. The number of aryl methyl sites for hydroxylation is 1. The normalized spacial score (nSPS) is 12.1. The maximum Gasteiger partial charge on any atom is 0.251 e. The van der Waals surface area contributed by atoms with Crippen molar-refractivity contribution in [2.24, 2.45) is 0 Å². The van der Waals surface area contributed by atoms with Crippen LogP contribution in [0.2, 0.25) is 0 Å². The molecule has 0 bridgehead atoms. The van der Waals surface area contributed by atoms with Gasteiger partial charge >= 0.3 is 0 Å². The van der Waals surface area contributed by atoms with E-state index >= 15 is 0 Å². The molecule has 25 heavy (non-hydrogen) atoms. The van der Waals surface area contributed by atoms with Gasteiger partial charge in [0.15, 0.2) is 0 Å². The van der Waals surface area contributed by atoms with E-state index < -0.39 is 0 Å². The van der Waals surface area contributed by atoms with Gasteiger partial charge in [0.2, 0.25) is 0 Å². The first-order valence-corrected chi connectivity index (χ1v) is 8.16. The molecule has 1 amide bonds. The molecule has 0 atom stereocenters. The van der Waals surface area contributed by atoms with Crippen molar-refractivity contribution in [1.29, 1.82) is 0 Å². The summed E-state index contributed by atoms with van der Waals surface area (Å²) in [6, 6.07) is 17.8. The highest BCUT2D eigenvalue weighted by atomic mass is 16.1. The van der Waals surface area contributed by atoms with E-state index in [4.69, 9.17) is 0 Å². The summed E-state index contributed by atoms with van der Waals surface area (Å²) in [6.07, 6.45) is 1.76. The molecule has 3 heteroatoms. The Morgan fingerprint density at radius 1 is 1.00 bits per heavy atom. The number of nitrogens with zero attached hydrogens (tertiary/aromatic N) is 1. The van der Waals surface area contributed by atoms with Crippen LogP contribution < -0.4 is 5.32 Å². The molecule has 0 saturated heterocycles. The van der Waals surface area contributed by atoms with E-state index in [-0.39, 0.29) is 5.91 Å². The van der Waals surface area contributed by atoms with E-state index in [0.29, 0.717) is 12.2 Å². The van der Waals surface area contributed by atoms with E-state index in [9.17, 15) is 4.79 Å². The summed E-state index contributed by atoms with van der Waals surface area (Å²) < 4.78 is 0. The minimum absolute atomic E-state index is 0.00892. The summed E-state index contributed by atoms with van der Waals surface area (Å²) in [5.41, 5.74) is 6.74. The van der Waals surface area contributed by atoms with Crippen molar-refractivity contribution >= 4 is 5.91 Å². The third-order valence-electron chi connectivity index (χ3n) is 4.27. The number of pyridine rings is 1. The van der Waals surface area contributed by atoms with Crippen molar-refractivity contribution in [3.63, 3.8) is 0 Å². The lowest BCUT2D eigenvalue weighted by Crippen LogP contribution is -2.12. The highest BCUT2D eigenvalue weighted by Gasteiger charge is 2.21. The number of rotatable bonds is 1. The summed E-state index contributed by atoms with van der Waals surface area (Å²) in [5.74, 6) is 6.28. The van der Waals surface area contributed by atoms with Crippen LogP contribution in [-0.2, 0) is 6.54 Å². The molecule has 0 unspecified atom stereocenters. The molecule has 3 nitrogen and oxygen atoms in total. The number of hydrogen-bond acceptors (Lipinski definition) is 2. The fraction of sp³-hybridized carbons (Fsp3) is 0.0909. The first-order chi connectivity index (χ1) is 12.2. The van der Waals surface area contributed by atoms with Gasteiger partial charge in [0.25, 0.3) is 5.91 Å². The van der Waals surface area contributed by atoms with Crippen LogP contribution in [0, 0.1) is 18.8 Å². The first-order valence-electron chi connectivity index (χ1n) is 8.16. The highest BCUT2D eigenvalue weighted by Crippen LogP contribution is 2.29. The Labute approximate surface area is 146 Å². The minimum Gasteiger partial charge on any atom is -0.348 e. The van der Waals surface area contributed by atoms with Crippen LogP contribution in [0.5, 0.6) is 0 Å². The van der Waals surface area contributed by atoms with Gasteiger partial charge in [-0.2, -0.15) is 0 Å². The SMILES string of the molecule is Cc1cccc(C#Cc2cc(-c3cccc4c3CNC4=O)ccn2)c1. The predicted octanol–water partition coefficient (Wildman–Crippen LogP) is 3.70. The van der Waals surface area contributed by atoms with E-state index in [1.807, 2.05) is 42.5 Å². The second kappa shape index (κ2) is 6.26. The number of benzene rings is 2. The molecule has 4 rings (SSSR count). The molecule has 0 fully saturated rings. The fourth-order valence-corrected chi connectivity index (χ4v) is 3.05. The average Bonchev–Trinajstić information content (AvgIpc) is 3.02. The summed E-state index contributed by atoms with van der Waals surface area (Å²) in [6.45, 7) is 2.62. The number of carbonyl (C=O) groups excluding carboxylic acids is 1. The Morgan fingerprint density at radius 2 is 1.84 bits per heavy atom. The molecule has 1 N–H and O–H groups in total. The molecule has 0 aliphatic carbocycles. The monoisotopic (exact) mass is 324 g/mol. The molecule has 0 spiro atoms. The van der Waals surface area contributed by atoms with Gasteiger partial charge in [0, 0.05) is 23.9 Å². The molecule has 1 aliphatic rings. The van der Waals surface area contributed by atoms with Gasteiger partial charge in [0.05, 0.1) is 0 Å². The Balaban J connectivity index is 1.71. The highest BCUT2D eigenvalue weighted by molar-refractivity contribution is 6.00. The predicted molar refractivity (Wildman–Crippen MR) is 98.0 cm³/mol. The third-order valence-corrected chi connectivity index (χ3v) is 4.27. The van der Waals surface area contributed by atoms with E-state index in [1.54, 1.807) is 6.20 Å². The van der Waals surface area contributed by atoms with Gasteiger partial charge in [-0.25, -0.2) is 4.98 Å². The molecule has 0 radical (unpaired) electrons. The van der Waals surface area contributed by atoms with Gasteiger partial charge in [-0.15, -0.1) is 0 Å².